The number of aliphatic imine (C=N–C) groups is 1. The van der Waals surface area contributed by atoms with Gasteiger partial charge in [0.25, 0.3) is 5.91 Å². The maximum atomic E-state index is 12.5. The molecule has 1 aromatic rings. The second kappa shape index (κ2) is 5.97. The first-order valence-electron chi connectivity index (χ1n) is 5.83. The standard InChI is InChI=1S/C13H16N2O3S/c1-17-10-6-9(7-11(8-10)18-2)12(16)15-5-4-14-13(15)19-3/h6-8H,4-5H2,1-3H3. The van der Waals surface area contributed by atoms with Gasteiger partial charge in [0, 0.05) is 18.2 Å². The largest absolute Gasteiger partial charge is 0.497 e. The number of thioether (sulfide) groups is 1. The highest BCUT2D eigenvalue weighted by Crippen LogP contribution is 2.24. The van der Waals surface area contributed by atoms with Crippen LogP contribution in [0.25, 0.3) is 0 Å². The number of methoxy groups -OCH3 is 2. The minimum atomic E-state index is -0.0807. The third-order valence-electron chi connectivity index (χ3n) is 2.83. The number of benzene rings is 1. The molecule has 0 unspecified atom stereocenters. The summed E-state index contributed by atoms with van der Waals surface area (Å²) in [4.78, 5) is 18.4. The lowest BCUT2D eigenvalue weighted by Gasteiger charge is -2.17. The highest BCUT2D eigenvalue weighted by molar-refractivity contribution is 8.13. The first kappa shape index (κ1) is 13.7. The number of hydrogen-bond donors (Lipinski definition) is 0. The van der Waals surface area contributed by atoms with E-state index >= 15 is 0 Å². The lowest BCUT2D eigenvalue weighted by molar-refractivity contribution is 0.0860. The second-order valence-electron chi connectivity index (χ2n) is 3.93. The SMILES string of the molecule is COc1cc(OC)cc(C(=O)N2CCN=C2SC)c1. The Hall–Kier alpha value is -1.69. The number of amidine groups is 1. The van der Waals surface area contributed by atoms with Gasteiger partial charge < -0.3 is 9.47 Å². The molecule has 0 radical (unpaired) electrons. The van der Waals surface area contributed by atoms with Crippen LogP contribution < -0.4 is 9.47 Å². The van der Waals surface area contributed by atoms with E-state index in [2.05, 4.69) is 4.99 Å². The number of amides is 1. The smallest absolute Gasteiger partial charge is 0.260 e. The fraction of sp³-hybridized carbons (Fsp3) is 0.385. The van der Waals surface area contributed by atoms with Crippen LogP contribution in [0.4, 0.5) is 0 Å². The Morgan fingerprint density at radius 3 is 2.42 bits per heavy atom. The zero-order chi connectivity index (χ0) is 13.8. The zero-order valence-electron chi connectivity index (χ0n) is 11.2. The topological polar surface area (TPSA) is 51.1 Å². The normalized spacial score (nSPS) is 14.3. The van der Waals surface area contributed by atoms with Gasteiger partial charge in [-0.2, -0.15) is 0 Å². The molecule has 5 nitrogen and oxygen atoms in total. The van der Waals surface area contributed by atoms with E-state index in [-0.39, 0.29) is 5.91 Å². The van der Waals surface area contributed by atoms with Crippen molar-refractivity contribution in [1.82, 2.24) is 4.90 Å². The highest BCUT2D eigenvalue weighted by Gasteiger charge is 2.24. The van der Waals surface area contributed by atoms with Crippen molar-refractivity contribution >= 4 is 22.8 Å². The molecule has 0 bridgehead atoms. The summed E-state index contributed by atoms with van der Waals surface area (Å²) in [6.07, 6.45) is 1.91. The van der Waals surface area contributed by atoms with Crippen molar-refractivity contribution < 1.29 is 14.3 Å². The quantitative estimate of drug-likeness (QED) is 0.848. The maximum Gasteiger partial charge on any atom is 0.260 e. The molecule has 0 atom stereocenters. The van der Waals surface area contributed by atoms with Crippen LogP contribution in [0.15, 0.2) is 23.2 Å². The fourth-order valence-electron chi connectivity index (χ4n) is 1.88. The number of ether oxygens (including phenoxy) is 2. The molecule has 1 heterocycles. The lowest BCUT2D eigenvalue weighted by Crippen LogP contribution is -2.32. The van der Waals surface area contributed by atoms with E-state index in [1.165, 1.54) is 11.8 Å². The van der Waals surface area contributed by atoms with Crippen LogP contribution in [-0.4, -0.2) is 49.5 Å². The Morgan fingerprint density at radius 2 is 1.89 bits per heavy atom. The van der Waals surface area contributed by atoms with Crippen LogP contribution in [0.5, 0.6) is 11.5 Å². The van der Waals surface area contributed by atoms with Gasteiger partial charge in [-0.15, -0.1) is 0 Å². The third-order valence-corrected chi connectivity index (χ3v) is 3.54. The molecule has 102 valence electrons. The second-order valence-corrected chi connectivity index (χ2v) is 4.70. The molecule has 1 aliphatic rings. The fourth-order valence-corrected chi connectivity index (χ4v) is 2.49. The summed E-state index contributed by atoms with van der Waals surface area (Å²) in [7, 11) is 3.13. The molecular formula is C13H16N2O3S. The summed E-state index contributed by atoms with van der Waals surface area (Å²) < 4.78 is 10.4. The highest BCUT2D eigenvalue weighted by atomic mass is 32.2. The number of rotatable bonds is 3. The van der Waals surface area contributed by atoms with Gasteiger partial charge >= 0.3 is 0 Å². The van der Waals surface area contributed by atoms with Crippen molar-refractivity contribution in [2.45, 2.75) is 0 Å². The molecule has 0 spiro atoms. The summed E-state index contributed by atoms with van der Waals surface area (Å²) in [5.74, 6) is 1.12. The zero-order valence-corrected chi connectivity index (χ0v) is 12.0. The van der Waals surface area contributed by atoms with Crippen molar-refractivity contribution in [3.63, 3.8) is 0 Å². The van der Waals surface area contributed by atoms with Gasteiger partial charge in [-0.1, -0.05) is 11.8 Å². The van der Waals surface area contributed by atoms with Crippen molar-refractivity contribution in [3.05, 3.63) is 23.8 Å². The maximum absolute atomic E-state index is 12.5. The Balaban J connectivity index is 2.30. The predicted molar refractivity (Wildman–Crippen MR) is 76.4 cm³/mol. The first-order chi connectivity index (χ1) is 9.19. The average molecular weight is 280 g/mol. The summed E-state index contributed by atoms with van der Waals surface area (Å²) in [5, 5.41) is 0.756. The van der Waals surface area contributed by atoms with Gasteiger partial charge in [-0.25, -0.2) is 0 Å². The average Bonchev–Trinajstić information content (AvgIpc) is 2.94. The monoisotopic (exact) mass is 280 g/mol. The van der Waals surface area contributed by atoms with Gasteiger partial charge in [-0.3, -0.25) is 14.7 Å². The van der Waals surface area contributed by atoms with Crippen molar-refractivity contribution in [2.75, 3.05) is 33.6 Å². The van der Waals surface area contributed by atoms with Crippen molar-refractivity contribution in [3.8, 4) is 11.5 Å². The van der Waals surface area contributed by atoms with Crippen molar-refractivity contribution in [1.29, 1.82) is 0 Å². The molecule has 19 heavy (non-hydrogen) atoms. The molecule has 0 aromatic heterocycles. The number of carbonyl (C=O) groups excluding carboxylic acids is 1. The summed E-state index contributed by atoms with van der Waals surface area (Å²) in [6.45, 7) is 1.28. The molecule has 0 fully saturated rings. The summed E-state index contributed by atoms with van der Waals surface area (Å²) in [6, 6.07) is 5.16. The minimum Gasteiger partial charge on any atom is -0.497 e. The van der Waals surface area contributed by atoms with Gasteiger partial charge in [-0.05, 0) is 18.4 Å². The molecule has 2 rings (SSSR count). The van der Waals surface area contributed by atoms with Gasteiger partial charge in [0.15, 0.2) is 5.17 Å². The predicted octanol–water partition coefficient (Wildman–Crippen LogP) is 1.88. The molecule has 1 aromatic carbocycles. The molecule has 0 saturated heterocycles. The first-order valence-corrected chi connectivity index (χ1v) is 7.05. The molecule has 1 aliphatic heterocycles. The molecule has 0 aliphatic carbocycles. The van der Waals surface area contributed by atoms with Crippen LogP contribution in [0.3, 0.4) is 0 Å². The van der Waals surface area contributed by atoms with E-state index < -0.39 is 0 Å². The summed E-state index contributed by atoms with van der Waals surface area (Å²) in [5.41, 5.74) is 0.542. The van der Waals surface area contributed by atoms with E-state index in [9.17, 15) is 4.79 Å². The van der Waals surface area contributed by atoms with E-state index in [0.29, 0.717) is 30.2 Å². The van der Waals surface area contributed by atoms with Crippen LogP contribution in [0, 0.1) is 0 Å². The molecule has 0 N–H and O–H groups in total. The minimum absolute atomic E-state index is 0.0807. The van der Waals surface area contributed by atoms with E-state index in [1.54, 1.807) is 37.3 Å². The lowest BCUT2D eigenvalue weighted by atomic mass is 10.1. The Morgan fingerprint density at radius 1 is 1.26 bits per heavy atom. The number of nitrogens with zero attached hydrogens (tertiary/aromatic N) is 2. The number of carbonyl (C=O) groups is 1. The molecular weight excluding hydrogens is 264 g/mol. The molecule has 6 heteroatoms. The number of hydrogen-bond acceptors (Lipinski definition) is 5. The Kier molecular flexibility index (Phi) is 4.31. The van der Waals surface area contributed by atoms with E-state index in [1.807, 2.05) is 6.26 Å². The third kappa shape index (κ3) is 2.84. The Bertz CT molecular complexity index is 494. The summed E-state index contributed by atoms with van der Waals surface area (Å²) >= 11 is 1.48. The van der Waals surface area contributed by atoms with Gasteiger partial charge in [0.05, 0.1) is 20.8 Å². The van der Waals surface area contributed by atoms with Gasteiger partial charge in [0.2, 0.25) is 0 Å². The molecule has 0 saturated carbocycles. The molecule has 1 amide bonds. The van der Waals surface area contributed by atoms with Crippen LogP contribution >= 0.6 is 11.8 Å². The Labute approximate surface area is 116 Å². The van der Waals surface area contributed by atoms with E-state index in [4.69, 9.17) is 9.47 Å². The van der Waals surface area contributed by atoms with Crippen LogP contribution in [0.1, 0.15) is 10.4 Å². The van der Waals surface area contributed by atoms with Crippen LogP contribution in [0.2, 0.25) is 0 Å². The van der Waals surface area contributed by atoms with E-state index in [0.717, 1.165) is 5.17 Å². The van der Waals surface area contributed by atoms with Gasteiger partial charge in [0.1, 0.15) is 11.5 Å². The van der Waals surface area contributed by atoms with Crippen molar-refractivity contribution in [2.24, 2.45) is 4.99 Å². The van der Waals surface area contributed by atoms with Crippen LogP contribution in [-0.2, 0) is 0 Å².